The molecule has 0 aliphatic carbocycles. The summed E-state index contributed by atoms with van der Waals surface area (Å²) in [5.74, 6) is 0.589. The lowest BCUT2D eigenvalue weighted by atomic mass is 10.2. The zero-order chi connectivity index (χ0) is 20.8. The summed E-state index contributed by atoms with van der Waals surface area (Å²) >= 11 is 0. The Morgan fingerprint density at radius 3 is 2.21 bits per heavy atom. The average Bonchev–Trinajstić information content (AvgIpc) is 2.69. The summed E-state index contributed by atoms with van der Waals surface area (Å²) in [7, 11) is 0. The molecule has 0 atom stereocenters. The van der Waals surface area contributed by atoms with Gasteiger partial charge in [0.2, 0.25) is 5.91 Å². The normalized spacial score (nSPS) is 13.9. The van der Waals surface area contributed by atoms with Crippen molar-refractivity contribution in [1.82, 2.24) is 4.90 Å². The first-order valence-corrected chi connectivity index (χ1v) is 9.86. The van der Waals surface area contributed by atoms with Gasteiger partial charge in [-0.05, 0) is 50.2 Å². The average molecular weight is 396 g/mol. The molecule has 1 saturated heterocycles. The lowest BCUT2D eigenvalue weighted by molar-refractivity contribution is -0.114. The lowest BCUT2D eigenvalue weighted by Crippen LogP contribution is -2.50. The van der Waals surface area contributed by atoms with Crippen molar-refractivity contribution in [3.63, 3.8) is 0 Å². The molecule has 154 valence electrons. The van der Waals surface area contributed by atoms with E-state index < -0.39 is 0 Å². The number of para-hydroxylation sites is 2. The van der Waals surface area contributed by atoms with E-state index in [1.807, 2.05) is 67.3 Å². The molecule has 1 heterocycles. The molecule has 3 amide bonds. The summed E-state index contributed by atoms with van der Waals surface area (Å²) in [5.41, 5.74) is 2.54. The van der Waals surface area contributed by atoms with Crippen molar-refractivity contribution < 1.29 is 14.3 Å². The second kappa shape index (κ2) is 9.32. The molecule has 0 unspecified atom stereocenters. The molecule has 2 N–H and O–H groups in total. The van der Waals surface area contributed by atoms with Crippen LogP contribution in [0.5, 0.6) is 5.75 Å². The molecule has 1 aliphatic rings. The summed E-state index contributed by atoms with van der Waals surface area (Å²) in [4.78, 5) is 27.9. The molecular weight excluding hydrogens is 368 g/mol. The fraction of sp³-hybridized carbons (Fsp3) is 0.364. The minimum atomic E-state index is -0.120. The van der Waals surface area contributed by atoms with Gasteiger partial charge in [0, 0.05) is 44.5 Å². The topological polar surface area (TPSA) is 73.9 Å². The molecule has 0 radical (unpaired) electrons. The lowest BCUT2D eigenvalue weighted by Gasteiger charge is -2.36. The Morgan fingerprint density at radius 1 is 0.931 bits per heavy atom. The smallest absolute Gasteiger partial charge is 0.322 e. The van der Waals surface area contributed by atoms with Crippen LogP contribution in [0.25, 0.3) is 0 Å². The Kier molecular flexibility index (Phi) is 6.59. The monoisotopic (exact) mass is 396 g/mol. The summed E-state index contributed by atoms with van der Waals surface area (Å²) in [6, 6.07) is 15.1. The standard InChI is InChI=1S/C22H28N4O3/c1-16(2)29-21-7-5-4-6-20(21)24-22(28)26-14-12-25(13-15-26)19-10-8-18(9-11-19)23-17(3)27/h4-11,16H,12-15H2,1-3H3,(H,23,27)(H,24,28). The highest BCUT2D eigenvalue weighted by Crippen LogP contribution is 2.25. The van der Waals surface area contributed by atoms with Crippen LogP contribution in [0, 0.1) is 0 Å². The van der Waals surface area contributed by atoms with E-state index in [1.54, 1.807) is 0 Å². The Labute approximate surface area is 171 Å². The van der Waals surface area contributed by atoms with E-state index in [0.29, 0.717) is 24.5 Å². The number of amides is 3. The second-order valence-corrected chi connectivity index (χ2v) is 7.30. The number of carbonyl (C=O) groups excluding carboxylic acids is 2. The van der Waals surface area contributed by atoms with Gasteiger partial charge in [-0.3, -0.25) is 4.79 Å². The van der Waals surface area contributed by atoms with E-state index in [0.717, 1.165) is 24.5 Å². The van der Waals surface area contributed by atoms with Gasteiger partial charge in [-0.25, -0.2) is 4.79 Å². The highest BCUT2D eigenvalue weighted by atomic mass is 16.5. The molecule has 0 bridgehead atoms. The van der Waals surface area contributed by atoms with E-state index in [9.17, 15) is 9.59 Å². The maximum atomic E-state index is 12.7. The van der Waals surface area contributed by atoms with Crippen LogP contribution in [0.3, 0.4) is 0 Å². The highest BCUT2D eigenvalue weighted by Gasteiger charge is 2.22. The number of nitrogens with one attached hydrogen (secondary N) is 2. The molecule has 1 aliphatic heterocycles. The first-order valence-electron chi connectivity index (χ1n) is 9.86. The van der Waals surface area contributed by atoms with Crippen molar-refractivity contribution in [3.8, 4) is 5.75 Å². The minimum Gasteiger partial charge on any atom is -0.489 e. The largest absolute Gasteiger partial charge is 0.489 e. The van der Waals surface area contributed by atoms with Crippen LogP contribution in [0.1, 0.15) is 20.8 Å². The summed E-state index contributed by atoms with van der Waals surface area (Å²) in [5, 5.41) is 5.74. The zero-order valence-corrected chi connectivity index (χ0v) is 17.1. The van der Waals surface area contributed by atoms with Gasteiger partial charge >= 0.3 is 6.03 Å². The van der Waals surface area contributed by atoms with Crippen LogP contribution in [-0.4, -0.2) is 49.1 Å². The molecule has 3 rings (SSSR count). The first kappa shape index (κ1) is 20.5. The summed E-state index contributed by atoms with van der Waals surface area (Å²) in [6.45, 7) is 8.17. The molecule has 2 aromatic carbocycles. The Hall–Kier alpha value is -3.22. The van der Waals surface area contributed by atoms with Crippen molar-refractivity contribution >= 4 is 29.0 Å². The Morgan fingerprint density at radius 2 is 1.59 bits per heavy atom. The third kappa shape index (κ3) is 5.63. The fourth-order valence-corrected chi connectivity index (χ4v) is 3.25. The van der Waals surface area contributed by atoms with Gasteiger partial charge in [-0.15, -0.1) is 0 Å². The number of hydrogen-bond donors (Lipinski definition) is 2. The van der Waals surface area contributed by atoms with Gasteiger partial charge in [0.15, 0.2) is 0 Å². The molecule has 1 fully saturated rings. The molecule has 2 aromatic rings. The maximum absolute atomic E-state index is 12.7. The SMILES string of the molecule is CC(=O)Nc1ccc(N2CCN(C(=O)Nc3ccccc3OC(C)C)CC2)cc1. The van der Waals surface area contributed by atoms with Crippen LogP contribution < -0.4 is 20.3 Å². The van der Waals surface area contributed by atoms with Gasteiger partial charge in [-0.1, -0.05) is 12.1 Å². The quantitative estimate of drug-likeness (QED) is 0.807. The number of benzene rings is 2. The second-order valence-electron chi connectivity index (χ2n) is 7.30. The van der Waals surface area contributed by atoms with Crippen LogP contribution in [0.2, 0.25) is 0 Å². The van der Waals surface area contributed by atoms with Crippen LogP contribution >= 0.6 is 0 Å². The molecular formula is C22H28N4O3. The van der Waals surface area contributed by atoms with Gasteiger partial charge in [0.25, 0.3) is 0 Å². The van der Waals surface area contributed by atoms with Gasteiger partial charge in [-0.2, -0.15) is 0 Å². The van der Waals surface area contributed by atoms with Crippen LogP contribution in [0.15, 0.2) is 48.5 Å². The Balaban J connectivity index is 1.55. The van der Waals surface area contributed by atoms with Gasteiger partial charge in [0.1, 0.15) is 5.75 Å². The third-order valence-electron chi connectivity index (χ3n) is 4.61. The zero-order valence-electron chi connectivity index (χ0n) is 17.1. The predicted molar refractivity (Wildman–Crippen MR) is 116 cm³/mol. The van der Waals surface area contributed by atoms with Crippen molar-refractivity contribution in [1.29, 1.82) is 0 Å². The van der Waals surface area contributed by atoms with Crippen molar-refractivity contribution in [2.75, 3.05) is 41.7 Å². The van der Waals surface area contributed by atoms with E-state index in [2.05, 4.69) is 15.5 Å². The van der Waals surface area contributed by atoms with Crippen molar-refractivity contribution in [2.45, 2.75) is 26.9 Å². The molecule has 29 heavy (non-hydrogen) atoms. The van der Waals surface area contributed by atoms with Crippen LogP contribution in [0.4, 0.5) is 21.9 Å². The number of urea groups is 1. The fourth-order valence-electron chi connectivity index (χ4n) is 3.25. The highest BCUT2D eigenvalue weighted by molar-refractivity contribution is 5.91. The number of ether oxygens (including phenoxy) is 1. The summed E-state index contributed by atoms with van der Waals surface area (Å²) in [6.07, 6.45) is 0.0358. The first-order chi connectivity index (χ1) is 13.9. The van der Waals surface area contributed by atoms with E-state index in [1.165, 1.54) is 6.92 Å². The summed E-state index contributed by atoms with van der Waals surface area (Å²) < 4.78 is 5.77. The molecule has 0 saturated carbocycles. The van der Waals surface area contributed by atoms with Gasteiger partial charge < -0.3 is 25.2 Å². The molecule has 0 aromatic heterocycles. The van der Waals surface area contributed by atoms with E-state index in [-0.39, 0.29) is 18.0 Å². The number of hydrogen-bond acceptors (Lipinski definition) is 4. The molecule has 0 spiro atoms. The van der Waals surface area contributed by atoms with Crippen LogP contribution in [-0.2, 0) is 4.79 Å². The number of nitrogens with zero attached hydrogens (tertiary/aromatic N) is 2. The van der Waals surface area contributed by atoms with Gasteiger partial charge in [0.05, 0.1) is 11.8 Å². The predicted octanol–water partition coefficient (Wildman–Crippen LogP) is 3.79. The van der Waals surface area contributed by atoms with Crippen molar-refractivity contribution in [2.24, 2.45) is 0 Å². The molecule has 7 heteroatoms. The third-order valence-corrected chi connectivity index (χ3v) is 4.61. The van der Waals surface area contributed by atoms with Crippen molar-refractivity contribution in [3.05, 3.63) is 48.5 Å². The molecule has 7 nitrogen and oxygen atoms in total. The number of piperazine rings is 1. The number of rotatable bonds is 5. The minimum absolute atomic E-state index is 0.0358. The number of anilines is 3. The Bertz CT molecular complexity index is 843. The van der Waals surface area contributed by atoms with E-state index in [4.69, 9.17) is 4.74 Å². The maximum Gasteiger partial charge on any atom is 0.322 e. The number of carbonyl (C=O) groups is 2. The van der Waals surface area contributed by atoms with E-state index >= 15 is 0 Å².